The van der Waals surface area contributed by atoms with E-state index in [4.69, 9.17) is 0 Å². The molecule has 1 aromatic heterocycles. The van der Waals surface area contributed by atoms with Gasteiger partial charge in [-0.15, -0.1) is 0 Å². The van der Waals surface area contributed by atoms with Gasteiger partial charge in [0.25, 0.3) is 5.56 Å². The molecule has 0 saturated carbocycles. The second kappa shape index (κ2) is 10.5. The Morgan fingerprint density at radius 3 is 2.50 bits per heavy atom. The van der Waals surface area contributed by atoms with Gasteiger partial charge in [-0.2, -0.15) is 0 Å². The lowest BCUT2D eigenvalue weighted by Gasteiger charge is -2.13. The number of nitrogens with zero attached hydrogens (tertiary/aromatic N) is 2. The van der Waals surface area contributed by atoms with Crippen molar-refractivity contribution in [1.82, 2.24) is 9.55 Å². The Balaban J connectivity index is 1.50. The van der Waals surface area contributed by atoms with Gasteiger partial charge in [0.2, 0.25) is 5.91 Å². The molecule has 1 N–H and O–H groups in total. The fourth-order valence-electron chi connectivity index (χ4n) is 3.27. The number of hydrogen-bond donors (Lipinski definition) is 1. The first kappa shape index (κ1) is 22.2. The fraction of sp³-hybridized carbons (Fsp3) is 0.160. The molecule has 0 aliphatic carbocycles. The summed E-state index contributed by atoms with van der Waals surface area (Å²) >= 11 is 2.89. The number of nitrogens with one attached hydrogen (secondary N) is 1. The van der Waals surface area contributed by atoms with E-state index in [1.165, 1.54) is 11.8 Å². The van der Waals surface area contributed by atoms with Crippen LogP contribution in [0.5, 0.6) is 0 Å². The van der Waals surface area contributed by atoms with Crippen LogP contribution in [0.25, 0.3) is 10.9 Å². The molecule has 4 aromatic rings. The predicted molar refractivity (Wildman–Crippen MR) is 133 cm³/mol. The van der Waals surface area contributed by atoms with Crippen molar-refractivity contribution in [3.8, 4) is 0 Å². The van der Waals surface area contributed by atoms with Crippen LogP contribution in [0.4, 0.5) is 5.69 Å². The summed E-state index contributed by atoms with van der Waals surface area (Å²) in [6.07, 6.45) is 0.809. The summed E-state index contributed by atoms with van der Waals surface area (Å²) in [5, 5.41) is 4.17. The molecule has 3 aromatic carbocycles. The van der Waals surface area contributed by atoms with Gasteiger partial charge in [-0.05, 0) is 42.8 Å². The maximum Gasteiger partial charge on any atom is 0.262 e. The van der Waals surface area contributed by atoms with Crippen LogP contribution in [0.3, 0.4) is 0 Å². The van der Waals surface area contributed by atoms with Gasteiger partial charge >= 0.3 is 0 Å². The zero-order valence-corrected chi connectivity index (χ0v) is 19.3. The maximum atomic E-state index is 12.9. The molecule has 0 unspecified atom stereocenters. The van der Waals surface area contributed by atoms with E-state index < -0.39 is 0 Å². The Morgan fingerprint density at radius 2 is 1.69 bits per heavy atom. The zero-order valence-electron chi connectivity index (χ0n) is 17.7. The first-order valence-corrected chi connectivity index (χ1v) is 12.2. The summed E-state index contributed by atoms with van der Waals surface area (Å²) in [5.41, 5.74) is 1.35. The van der Waals surface area contributed by atoms with E-state index in [9.17, 15) is 9.59 Å². The smallest absolute Gasteiger partial charge is 0.262 e. The van der Waals surface area contributed by atoms with Gasteiger partial charge in [0.1, 0.15) is 0 Å². The molecule has 32 heavy (non-hydrogen) atoms. The highest BCUT2D eigenvalue weighted by molar-refractivity contribution is 8.00. The Labute approximate surface area is 195 Å². The van der Waals surface area contributed by atoms with Crippen molar-refractivity contribution in [2.24, 2.45) is 0 Å². The minimum Gasteiger partial charge on any atom is -0.324 e. The molecule has 0 bridgehead atoms. The molecule has 5 nitrogen and oxygen atoms in total. The number of amides is 1. The van der Waals surface area contributed by atoms with E-state index in [2.05, 4.69) is 10.3 Å². The lowest BCUT2D eigenvalue weighted by molar-refractivity contribution is -0.113. The highest BCUT2D eigenvalue weighted by Crippen LogP contribution is 2.33. The molecule has 162 valence electrons. The number of thioether (sulfide) groups is 1. The highest BCUT2D eigenvalue weighted by atomic mass is 32.2. The largest absolute Gasteiger partial charge is 0.324 e. The van der Waals surface area contributed by atoms with Gasteiger partial charge < -0.3 is 5.32 Å². The molecular weight excluding hydrogens is 438 g/mol. The molecule has 0 fully saturated rings. The topological polar surface area (TPSA) is 64.0 Å². The lowest BCUT2D eigenvalue weighted by Crippen LogP contribution is -2.24. The van der Waals surface area contributed by atoms with Gasteiger partial charge in [-0.25, -0.2) is 4.98 Å². The third-order valence-corrected chi connectivity index (χ3v) is 6.80. The van der Waals surface area contributed by atoms with Gasteiger partial charge in [0, 0.05) is 16.3 Å². The van der Waals surface area contributed by atoms with Gasteiger partial charge in [-0.1, -0.05) is 72.9 Å². The summed E-state index contributed by atoms with van der Waals surface area (Å²) in [5.74, 6) is 0.0281. The minimum absolute atomic E-state index is 0.0648. The van der Waals surface area contributed by atoms with Gasteiger partial charge in [0.15, 0.2) is 5.16 Å². The molecule has 0 aliphatic heterocycles. The Kier molecular flexibility index (Phi) is 7.29. The molecular formula is C25H23N3O2S2. The molecule has 0 radical (unpaired) electrons. The Bertz CT molecular complexity index is 1290. The van der Waals surface area contributed by atoms with Crippen LogP contribution in [0.2, 0.25) is 0 Å². The Hall–Kier alpha value is -3.03. The summed E-state index contributed by atoms with van der Waals surface area (Å²) in [6, 6.07) is 25.1. The SMILES string of the molecule is CCCn1c(SCC(=O)Nc2ccccc2Sc2ccccc2)nc2ccccc2c1=O. The van der Waals surface area contributed by atoms with Crippen molar-refractivity contribution in [1.29, 1.82) is 0 Å². The summed E-state index contributed by atoms with van der Waals surface area (Å²) in [6.45, 7) is 2.58. The van der Waals surface area contributed by atoms with E-state index in [1.54, 1.807) is 22.4 Å². The third kappa shape index (κ3) is 5.23. The number of carbonyl (C=O) groups excluding carboxylic acids is 1. The van der Waals surface area contributed by atoms with Crippen LogP contribution >= 0.6 is 23.5 Å². The number of hydrogen-bond acceptors (Lipinski definition) is 5. The van der Waals surface area contributed by atoms with Crippen LogP contribution in [0.1, 0.15) is 13.3 Å². The van der Waals surface area contributed by atoms with E-state index in [1.807, 2.05) is 79.7 Å². The number of fused-ring (bicyclic) bond motifs is 1. The highest BCUT2D eigenvalue weighted by Gasteiger charge is 2.14. The molecule has 0 spiro atoms. The number of benzene rings is 3. The number of carbonyl (C=O) groups is 1. The standard InChI is InChI=1S/C25H23N3O2S2/c1-2-16-28-24(30)19-12-6-7-13-20(19)27-25(28)31-17-23(29)26-21-14-8-9-15-22(21)32-18-10-4-3-5-11-18/h3-15H,2,16-17H2,1H3,(H,26,29). The van der Waals surface area contributed by atoms with Crippen molar-refractivity contribution in [3.05, 3.63) is 89.2 Å². The number of aromatic nitrogens is 2. The van der Waals surface area contributed by atoms with E-state index >= 15 is 0 Å². The van der Waals surface area contributed by atoms with Crippen LogP contribution in [-0.4, -0.2) is 21.2 Å². The van der Waals surface area contributed by atoms with Gasteiger partial charge in [-0.3, -0.25) is 14.2 Å². The molecule has 7 heteroatoms. The average Bonchev–Trinajstić information content (AvgIpc) is 2.82. The lowest BCUT2D eigenvalue weighted by atomic mass is 10.2. The van der Waals surface area contributed by atoms with Gasteiger partial charge in [0.05, 0.1) is 22.3 Å². The summed E-state index contributed by atoms with van der Waals surface area (Å²) in [4.78, 5) is 32.4. The number of para-hydroxylation sites is 2. The first-order valence-electron chi connectivity index (χ1n) is 10.4. The van der Waals surface area contributed by atoms with Crippen molar-refractivity contribution in [2.75, 3.05) is 11.1 Å². The van der Waals surface area contributed by atoms with E-state index in [0.717, 1.165) is 21.9 Å². The third-order valence-electron chi connectivity index (χ3n) is 4.74. The normalized spacial score (nSPS) is 10.9. The Morgan fingerprint density at radius 1 is 0.969 bits per heavy atom. The minimum atomic E-state index is -0.137. The molecule has 0 aliphatic rings. The van der Waals surface area contributed by atoms with Crippen LogP contribution in [0, 0.1) is 0 Å². The number of anilines is 1. The molecule has 1 heterocycles. The molecule has 0 saturated heterocycles. The first-order chi connectivity index (χ1) is 15.7. The van der Waals surface area contributed by atoms with Crippen LogP contribution in [0.15, 0.2) is 98.6 Å². The average molecular weight is 462 g/mol. The molecule has 4 rings (SSSR count). The molecule has 1 amide bonds. The van der Waals surface area contributed by atoms with Crippen molar-refractivity contribution in [2.45, 2.75) is 34.8 Å². The zero-order chi connectivity index (χ0) is 22.3. The maximum absolute atomic E-state index is 12.9. The molecule has 0 atom stereocenters. The van der Waals surface area contributed by atoms with Crippen molar-refractivity contribution in [3.63, 3.8) is 0 Å². The van der Waals surface area contributed by atoms with E-state index in [-0.39, 0.29) is 17.2 Å². The number of rotatable bonds is 8. The quantitative estimate of drug-likeness (QED) is 0.270. The summed E-state index contributed by atoms with van der Waals surface area (Å²) in [7, 11) is 0. The predicted octanol–water partition coefficient (Wildman–Crippen LogP) is 5.69. The van der Waals surface area contributed by atoms with Crippen LogP contribution < -0.4 is 10.9 Å². The monoisotopic (exact) mass is 461 g/mol. The van der Waals surface area contributed by atoms with Crippen LogP contribution in [-0.2, 0) is 11.3 Å². The van der Waals surface area contributed by atoms with E-state index in [0.29, 0.717) is 22.6 Å². The van der Waals surface area contributed by atoms with Crippen molar-refractivity contribution >= 4 is 46.0 Å². The summed E-state index contributed by atoms with van der Waals surface area (Å²) < 4.78 is 1.67. The second-order valence-corrected chi connectivity index (χ2v) is 9.17. The van der Waals surface area contributed by atoms with Crippen molar-refractivity contribution < 1.29 is 4.79 Å². The fourth-order valence-corrected chi connectivity index (χ4v) is 5.02. The second-order valence-electron chi connectivity index (χ2n) is 7.12.